The SMILES string of the molecule is Cc1ccc(C)c(C(=O)OCc2nc(-c3ccccc3)oc2C)c1. The number of hydrogen-bond acceptors (Lipinski definition) is 4. The quantitative estimate of drug-likeness (QED) is 0.658. The van der Waals surface area contributed by atoms with Crippen molar-refractivity contribution in [1.82, 2.24) is 4.98 Å². The number of esters is 1. The van der Waals surface area contributed by atoms with E-state index in [1.165, 1.54) is 0 Å². The van der Waals surface area contributed by atoms with Gasteiger partial charge in [-0.1, -0.05) is 35.9 Å². The number of carbonyl (C=O) groups excluding carboxylic acids is 1. The Morgan fingerprint density at radius 2 is 1.83 bits per heavy atom. The fourth-order valence-corrected chi connectivity index (χ4v) is 2.43. The average Bonchev–Trinajstić information content (AvgIpc) is 2.96. The molecule has 0 radical (unpaired) electrons. The Morgan fingerprint density at radius 1 is 1.08 bits per heavy atom. The Bertz CT molecular complexity index is 866. The largest absolute Gasteiger partial charge is 0.455 e. The van der Waals surface area contributed by atoms with Crippen molar-refractivity contribution in [2.24, 2.45) is 0 Å². The molecule has 0 spiro atoms. The maximum atomic E-state index is 12.3. The molecule has 0 atom stereocenters. The third-order valence-corrected chi connectivity index (χ3v) is 3.87. The van der Waals surface area contributed by atoms with Gasteiger partial charge in [-0.3, -0.25) is 0 Å². The van der Waals surface area contributed by atoms with Gasteiger partial charge >= 0.3 is 5.97 Å². The van der Waals surface area contributed by atoms with Gasteiger partial charge in [0, 0.05) is 5.56 Å². The molecule has 0 aliphatic carbocycles. The van der Waals surface area contributed by atoms with Crippen LogP contribution in [0.3, 0.4) is 0 Å². The second kappa shape index (κ2) is 6.71. The van der Waals surface area contributed by atoms with E-state index in [1.807, 2.05) is 69.3 Å². The zero-order chi connectivity index (χ0) is 17.1. The van der Waals surface area contributed by atoms with Gasteiger partial charge in [-0.2, -0.15) is 0 Å². The maximum Gasteiger partial charge on any atom is 0.338 e. The summed E-state index contributed by atoms with van der Waals surface area (Å²) in [6.45, 7) is 5.75. The second-order valence-electron chi connectivity index (χ2n) is 5.78. The number of nitrogens with zero attached hydrogens (tertiary/aromatic N) is 1. The summed E-state index contributed by atoms with van der Waals surface area (Å²) in [5, 5.41) is 0. The van der Waals surface area contributed by atoms with Crippen LogP contribution in [0.25, 0.3) is 11.5 Å². The molecule has 0 aliphatic heterocycles. The van der Waals surface area contributed by atoms with Crippen molar-refractivity contribution < 1.29 is 13.9 Å². The summed E-state index contributed by atoms with van der Waals surface area (Å²) in [4.78, 5) is 16.7. The highest BCUT2D eigenvalue weighted by Gasteiger charge is 2.15. The average molecular weight is 321 g/mol. The first-order chi connectivity index (χ1) is 11.5. The monoisotopic (exact) mass is 321 g/mol. The molecule has 0 saturated heterocycles. The highest BCUT2D eigenvalue weighted by Crippen LogP contribution is 2.22. The Hall–Kier alpha value is -2.88. The van der Waals surface area contributed by atoms with Crippen LogP contribution in [0.2, 0.25) is 0 Å². The van der Waals surface area contributed by atoms with E-state index in [1.54, 1.807) is 0 Å². The number of rotatable bonds is 4. The molecule has 4 heteroatoms. The molecule has 3 aromatic rings. The number of oxazole rings is 1. The molecule has 122 valence electrons. The third kappa shape index (κ3) is 3.38. The van der Waals surface area contributed by atoms with E-state index in [9.17, 15) is 4.79 Å². The zero-order valence-electron chi connectivity index (χ0n) is 14.0. The van der Waals surface area contributed by atoms with Crippen LogP contribution in [0.15, 0.2) is 52.9 Å². The van der Waals surface area contributed by atoms with Crippen molar-refractivity contribution in [1.29, 1.82) is 0 Å². The van der Waals surface area contributed by atoms with Crippen molar-refractivity contribution in [2.75, 3.05) is 0 Å². The highest BCUT2D eigenvalue weighted by atomic mass is 16.5. The molecule has 24 heavy (non-hydrogen) atoms. The van der Waals surface area contributed by atoms with E-state index < -0.39 is 0 Å². The van der Waals surface area contributed by atoms with E-state index in [0.717, 1.165) is 16.7 Å². The number of hydrogen-bond donors (Lipinski definition) is 0. The lowest BCUT2D eigenvalue weighted by Crippen LogP contribution is -2.08. The van der Waals surface area contributed by atoms with Gasteiger partial charge in [-0.15, -0.1) is 0 Å². The fourth-order valence-electron chi connectivity index (χ4n) is 2.43. The summed E-state index contributed by atoms with van der Waals surface area (Å²) in [6.07, 6.45) is 0. The van der Waals surface area contributed by atoms with Crippen LogP contribution in [-0.2, 0) is 11.3 Å². The number of benzene rings is 2. The Balaban J connectivity index is 1.74. The minimum absolute atomic E-state index is 0.0916. The number of ether oxygens (including phenoxy) is 1. The first kappa shape index (κ1) is 16.0. The van der Waals surface area contributed by atoms with E-state index in [0.29, 0.717) is 22.9 Å². The summed E-state index contributed by atoms with van der Waals surface area (Å²) < 4.78 is 11.1. The molecule has 0 unspecified atom stereocenters. The predicted octanol–water partition coefficient (Wildman–Crippen LogP) is 4.62. The van der Waals surface area contributed by atoms with Crippen molar-refractivity contribution in [2.45, 2.75) is 27.4 Å². The minimum Gasteiger partial charge on any atom is -0.455 e. The molecule has 4 nitrogen and oxygen atoms in total. The summed E-state index contributed by atoms with van der Waals surface area (Å²) in [6, 6.07) is 15.4. The highest BCUT2D eigenvalue weighted by molar-refractivity contribution is 5.91. The van der Waals surface area contributed by atoms with Crippen molar-refractivity contribution >= 4 is 5.97 Å². The number of carbonyl (C=O) groups is 1. The zero-order valence-corrected chi connectivity index (χ0v) is 14.0. The van der Waals surface area contributed by atoms with Gasteiger partial charge in [0.1, 0.15) is 18.1 Å². The van der Waals surface area contributed by atoms with E-state index >= 15 is 0 Å². The molecule has 1 aromatic heterocycles. The van der Waals surface area contributed by atoms with E-state index in [2.05, 4.69) is 4.98 Å². The minimum atomic E-state index is -0.347. The Kier molecular flexibility index (Phi) is 4.47. The predicted molar refractivity (Wildman–Crippen MR) is 91.7 cm³/mol. The van der Waals surface area contributed by atoms with Crippen molar-refractivity contribution in [3.8, 4) is 11.5 Å². The molecule has 0 N–H and O–H groups in total. The Labute approximate surface area is 141 Å². The van der Waals surface area contributed by atoms with E-state index in [-0.39, 0.29) is 12.6 Å². The number of aryl methyl sites for hydroxylation is 3. The topological polar surface area (TPSA) is 52.3 Å². The molecular weight excluding hydrogens is 302 g/mol. The molecule has 1 heterocycles. The molecule has 0 aliphatic rings. The smallest absolute Gasteiger partial charge is 0.338 e. The van der Waals surface area contributed by atoms with Crippen LogP contribution in [0.5, 0.6) is 0 Å². The van der Waals surface area contributed by atoms with Crippen LogP contribution in [0, 0.1) is 20.8 Å². The van der Waals surface area contributed by atoms with Gasteiger partial charge in [-0.25, -0.2) is 9.78 Å². The van der Waals surface area contributed by atoms with Crippen molar-refractivity contribution in [3.63, 3.8) is 0 Å². The van der Waals surface area contributed by atoms with Crippen LogP contribution in [0.4, 0.5) is 0 Å². The van der Waals surface area contributed by atoms with Gasteiger partial charge in [0.25, 0.3) is 0 Å². The van der Waals surface area contributed by atoms with Crippen LogP contribution in [0.1, 0.15) is 32.9 Å². The van der Waals surface area contributed by atoms with Gasteiger partial charge in [0.2, 0.25) is 5.89 Å². The molecule has 0 amide bonds. The molecular formula is C20H19NO3. The van der Waals surface area contributed by atoms with Gasteiger partial charge < -0.3 is 9.15 Å². The second-order valence-corrected chi connectivity index (χ2v) is 5.78. The molecule has 0 saturated carbocycles. The fraction of sp³-hybridized carbons (Fsp3) is 0.200. The normalized spacial score (nSPS) is 10.6. The summed E-state index contributed by atoms with van der Waals surface area (Å²) in [7, 11) is 0. The Morgan fingerprint density at radius 3 is 2.58 bits per heavy atom. The lowest BCUT2D eigenvalue weighted by atomic mass is 10.1. The molecule has 2 aromatic carbocycles. The van der Waals surface area contributed by atoms with Crippen LogP contribution in [-0.4, -0.2) is 11.0 Å². The van der Waals surface area contributed by atoms with Gasteiger partial charge in [0.05, 0.1) is 5.56 Å². The van der Waals surface area contributed by atoms with E-state index in [4.69, 9.17) is 9.15 Å². The number of aromatic nitrogens is 1. The first-order valence-electron chi connectivity index (χ1n) is 7.80. The summed E-state index contributed by atoms with van der Waals surface area (Å²) in [5.74, 6) is 0.841. The maximum absolute atomic E-state index is 12.3. The van der Waals surface area contributed by atoms with Gasteiger partial charge in [0.15, 0.2) is 0 Å². The third-order valence-electron chi connectivity index (χ3n) is 3.87. The lowest BCUT2D eigenvalue weighted by Gasteiger charge is -2.07. The first-order valence-corrected chi connectivity index (χ1v) is 7.80. The molecule has 0 fully saturated rings. The summed E-state index contributed by atoms with van der Waals surface area (Å²) >= 11 is 0. The summed E-state index contributed by atoms with van der Waals surface area (Å²) in [5.41, 5.74) is 4.03. The van der Waals surface area contributed by atoms with Crippen LogP contribution >= 0.6 is 0 Å². The molecule has 3 rings (SSSR count). The van der Waals surface area contributed by atoms with Crippen molar-refractivity contribution in [3.05, 3.63) is 76.7 Å². The van der Waals surface area contributed by atoms with Gasteiger partial charge in [-0.05, 0) is 44.5 Å². The molecule has 0 bridgehead atoms. The van der Waals surface area contributed by atoms with Crippen LogP contribution < -0.4 is 0 Å². The standard InChI is InChI=1S/C20H19NO3/c1-13-9-10-14(2)17(11-13)20(22)23-12-18-15(3)24-19(21-18)16-7-5-4-6-8-16/h4-11H,12H2,1-3H3. The lowest BCUT2D eigenvalue weighted by molar-refractivity contribution is 0.0466.